The number of halogens is 2. The van der Waals surface area contributed by atoms with E-state index in [1.54, 1.807) is 36.4 Å². The van der Waals surface area contributed by atoms with Crippen molar-refractivity contribution in [3.05, 3.63) is 54.0 Å². The normalized spacial score (nSPS) is 15.2. The van der Waals surface area contributed by atoms with Gasteiger partial charge in [0.05, 0.1) is 11.8 Å². The smallest absolute Gasteiger partial charge is 0.254 e. The summed E-state index contributed by atoms with van der Waals surface area (Å²) < 4.78 is 29.3. The molecule has 1 aromatic carbocycles. The van der Waals surface area contributed by atoms with Gasteiger partial charge in [-0.2, -0.15) is 5.10 Å². The van der Waals surface area contributed by atoms with Gasteiger partial charge >= 0.3 is 0 Å². The van der Waals surface area contributed by atoms with Crippen LogP contribution < -0.4 is 10.2 Å². The van der Waals surface area contributed by atoms with E-state index in [2.05, 4.69) is 20.3 Å². The standard InChI is InChI=1S/C20H21F2N5O/c1-26-12-14(11-25-26)20(28)24-10-13-3-6-27(7-4-13)18-2-5-23-19-16(18)8-15(21)9-17(19)22/h2,5,8-9,11-13H,3-4,6-7,10H2,1H3,(H,24,28). The van der Waals surface area contributed by atoms with E-state index in [-0.39, 0.29) is 11.4 Å². The zero-order chi connectivity index (χ0) is 19.7. The summed E-state index contributed by atoms with van der Waals surface area (Å²) in [6.07, 6.45) is 6.55. The van der Waals surface area contributed by atoms with Crippen LogP contribution in [0.1, 0.15) is 23.2 Å². The van der Waals surface area contributed by atoms with Crippen molar-refractivity contribution in [1.29, 1.82) is 0 Å². The summed E-state index contributed by atoms with van der Waals surface area (Å²) in [5.74, 6) is -1.02. The fourth-order valence-corrected chi connectivity index (χ4v) is 3.70. The van der Waals surface area contributed by atoms with Crippen molar-refractivity contribution in [2.24, 2.45) is 13.0 Å². The first-order valence-electron chi connectivity index (χ1n) is 9.27. The second kappa shape index (κ2) is 7.53. The predicted molar refractivity (Wildman–Crippen MR) is 102 cm³/mol. The number of piperidine rings is 1. The molecule has 0 saturated carbocycles. The summed E-state index contributed by atoms with van der Waals surface area (Å²) in [5.41, 5.74) is 1.53. The number of anilines is 1. The van der Waals surface area contributed by atoms with E-state index in [9.17, 15) is 13.6 Å². The Labute approximate surface area is 161 Å². The predicted octanol–water partition coefficient (Wildman–Crippen LogP) is 2.89. The Morgan fingerprint density at radius 3 is 2.79 bits per heavy atom. The maximum absolute atomic E-state index is 14.0. The van der Waals surface area contributed by atoms with E-state index in [0.717, 1.165) is 37.7 Å². The van der Waals surface area contributed by atoms with Crippen LogP contribution in [0.2, 0.25) is 0 Å². The first kappa shape index (κ1) is 18.3. The minimum absolute atomic E-state index is 0.124. The van der Waals surface area contributed by atoms with Crippen LogP contribution in [-0.2, 0) is 7.05 Å². The zero-order valence-electron chi connectivity index (χ0n) is 15.5. The van der Waals surface area contributed by atoms with Crippen molar-refractivity contribution in [3.63, 3.8) is 0 Å². The highest BCUT2D eigenvalue weighted by atomic mass is 19.1. The lowest BCUT2D eigenvalue weighted by Gasteiger charge is -2.34. The van der Waals surface area contributed by atoms with Gasteiger partial charge in [-0.15, -0.1) is 0 Å². The van der Waals surface area contributed by atoms with Gasteiger partial charge in [-0.05, 0) is 30.9 Å². The Morgan fingerprint density at radius 1 is 1.29 bits per heavy atom. The summed E-state index contributed by atoms with van der Waals surface area (Å²) in [4.78, 5) is 18.3. The number of pyridine rings is 1. The molecule has 0 atom stereocenters. The summed E-state index contributed by atoms with van der Waals surface area (Å²) in [5, 5.41) is 7.45. The van der Waals surface area contributed by atoms with Crippen LogP contribution in [0.3, 0.4) is 0 Å². The highest BCUT2D eigenvalue weighted by Gasteiger charge is 2.22. The Morgan fingerprint density at radius 2 is 2.07 bits per heavy atom. The van der Waals surface area contributed by atoms with Crippen molar-refractivity contribution in [3.8, 4) is 0 Å². The Balaban J connectivity index is 1.39. The average molecular weight is 385 g/mol. The monoisotopic (exact) mass is 385 g/mol. The molecule has 1 aliphatic heterocycles. The number of carbonyl (C=O) groups is 1. The molecule has 4 rings (SSSR count). The van der Waals surface area contributed by atoms with Gasteiger partial charge in [0.2, 0.25) is 0 Å². The number of hydrogen-bond acceptors (Lipinski definition) is 4. The zero-order valence-corrected chi connectivity index (χ0v) is 15.5. The molecule has 8 heteroatoms. The Kier molecular flexibility index (Phi) is 4.93. The number of carbonyl (C=O) groups excluding carboxylic acids is 1. The fraction of sp³-hybridized carbons (Fsp3) is 0.350. The molecule has 3 heterocycles. The molecular weight excluding hydrogens is 364 g/mol. The molecule has 6 nitrogen and oxygen atoms in total. The number of fused-ring (bicyclic) bond motifs is 1. The molecule has 1 N–H and O–H groups in total. The number of nitrogens with zero attached hydrogens (tertiary/aromatic N) is 4. The topological polar surface area (TPSA) is 63.1 Å². The van der Waals surface area contributed by atoms with Crippen LogP contribution in [0.15, 0.2) is 36.8 Å². The maximum atomic E-state index is 14.0. The third-order valence-corrected chi connectivity index (χ3v) is 5.21. The van der Waals surface area contributed by atoms with E-state index in [4.69, 9.17) is 0 Å². The number of nitrogens with one attached hydrogen (secondary N) is 1. The molecule has 146 valence electrons. The first-order valence-corrected chi connectivity index (χ1v) is 9.27. The van der Waals surface area contributed by atoms with E-state index < -0.39 is 11.6 Å². The second-order valence-corrected chi connectivity index (χ2v) is 7.16. The number of hydrogen-bond donors (Lipinski definition) is 1. The number of rotatable bonds is 4. The number of aromatic nitrogens is 3. The Hall–Kier alpha value is -3.03. The molecule has 0 radical (unpaired) electrons. The minimum atomic E-state index is -0.648. The summed E-state index contributed by atoms with van der Waals surface area (Å²) in [6.45, 7) is 2.11. The SMILES string of the molecule is Cn1cc(C(=O)NCC2CCN(c3ccnc4c(F)cc(F)cc34)CC2)cn1. The lowest BCUT2D eigenvalue weighted by Crippen LogP contribution is -2.38. The van der Waals surface area contributed by atoms with Crippen LogP contribution in [0.5, 0.6) is 0 Å². The van der Waals surface area contributed by atoms with Crippen LogP contribution in [0, 0.1) is 17.6 Å². The molecule has 2 aromatic heterocycles. The van der Waals surface area contributed by atoms with Crippen LogP contribution in [0.25, 0.3) is 10.9 Å². The fourth-order valence-electron chi connectivity index (χ4n) is 3.70. The Bertz CT molecular complexity index is 1010. The van der Waals surface area contributed by atoms with E-state index >= 15 is 0 Å². The molecule has 1 fully saturated rings. The third-order valence-electron chi connectivity index (χ3n) is 5.21. The van der Waals surface area contributed by atoms with Crippen molar-refractivity contribution < 1.29 is 13.6 Å². The number of amides is 1. The van der Waals surface area contributed by atoms with E-state index in [1.165, 1.54) is 6.07 Å². The van der Waals surface area contributed by atoms with Gasteiger partial charge in [0.1, 0.15) is 11.3 Å². The summed E-state index contributed by atoms with van der Waals surface area (Å²) in [7, 11) is 1.77. The van der Waals surface area contributed by atoms with E-state index in [1.807, 2.05) is 0 Å². The number of aryl methyl sites for hydroxylation is 1. The van der Waals surface area contributed by atoms with Gasteiger partial charge in [-0.3, -0.25) is 14.5 Å². The highest BCUT2D eigenvalue weighted by molar-refractivity contribution is 5.93. The molecule has 1 aliphatic rings. The summed E-state index contributed by atoms with van der Waals surface area (Å²) in [6, 6.07) is 3.99. The van der Waals surface area contributed by atoms with Crippen molar-refractivity contribution in [2.75, 3.05) is 24.5 Å². The molecule has 0 unspecified atom stereocenters. The van der Waals surface area contributed by atoms with Gasteiger partial charge in [0.15, 0.2) is 5.82 Å². The van der Waals surface area contributed by atoms with Gasteiger partial charge in [-0.1, -0.05) is 0 Å². The lowest BCUT2D eigenvalue weighted by atomic mass is 9.96. The highest BCUT2D eigenvalue weighted by Crippen LogP contribution is 2.30. The molecule has 1 amide bonds. The van der Waals surface area contributed by atoms with Gasteiger partial charge in [0, 0.05) is 56.2 Å². The molecule has 0 spiro atoms. The third kappa shape index (κ3) is 3.67. The average Bonchev–Trinajstić information content (AvgIpc) is 3.12. The summed E-state index contributed by atoms with van der Waals surface area (Å²) >= 11 is 0. The van der Waals surface area contributed by atoms with Crippen molar-refractivity contribution in [1.82, 2.24) is 20.1 Å². The lowest BCUT2D eigenvalue weighted by molar-refractivity contribution is 0.0945. The van der Waals surface area contributed by atoms with Crippen molar-refractivity contribution >= 4 is 22.5 Å². The molecule has 0 bridgehead atoms. The maximum Gasteiger partial charge on any atom is 0.254 e. The van der Waals surface area contributed by atoms with Crippen LogP contribution in [-0.4, -0.2) is 40.3 Å². The van der Waals surface area contributed by atoms with Crippen LogP contribution in [0.4, 0.5) is 14.5 Å². The van der Waals surface area contributed by atoms with E-state index in [0.29, 0.717) is 23.4 Å². The largest absolute Gasteiger partial charge is 0.371 e. The second-order valence-electron chi connectivity index (χ2n) is 7.16. The molecule has 1 saturated heterocycles. The molecular formula is C20H21F2N5O. The van der Waals surface area contributed by atoms with Gasteiger partial charge in [0.25, 0.3) is 5.91 Å². The molecule has 3 aromatic rings. The molecule has 28 heavy (non-hydrogen) atoms. The van der Waals surface area contributed by atoms with Gasteiger partial charge in [-0.25, -0.2) is 8.78 Å². The van der Waals surface area contributed by atoms with Crippen LogP contribution >= 0.6 is 0 Å². The minimum Gasteiger partial charge on any atom is -0.371 e. The van der Waals surface area contributed by atoms with Gasteiger partial charge < -0.3 is 10.2 Å². The van der Waals surface area contributed by atoms with Crippen molar-refractivity contribution in [2.45, 2.75) is 12.8 Å². The molecule has 0 aliphatic carbocycles. The quantitative estimate of drug-likeness (QED) is 0.750. The number of benzene rings is 1. The first-order chi connectivity index (χ1) is 13.5.